The van der Waals surface area contributed by atoms with Crippen molar-refractivity contribution in [2.75, 3.05) is 40.8 Å². The van der Waals surface area contributed by atoms with E-state index in [9.17, 15) is 10.1 Å². The summed E-state index contributed by atoms with van der Waals surface area (Å²) in [4.78, 5) is 14.4. The molecule has 144 valence electrons. The topological polar surface area (TPSA) is 44.1 Å². The summed E-state index contributed by atoms with van der Waals surface area (Å²) in [6.07, 6.45) is 4.98. The van der Waals surface area contributed by atoms with Crippen molar-refractivity contribution in [3.8, 4) is 6.07 Å². The number of carbonyl (C=O) groups excluding carboxylic acids is 1. The molecular weight excluding hydrogens is 346 g/mol. The number of rotatable bonds is 7. The molecule has 1 aromatic rings. The van der Waals surface area contributed by atoms with Gasteiger partial charge in [0.25, 0.3) is 0 Å². The standard InChI is InChI=1S/C21H32N3O.ClH/c1-24(2,3)17-7-10-20(25)23-15-13-21(18-22,14-16-23)12-11-19-8-5-4-6-9-19;/h4-6,8-9H,7,10-17H2,1-3H3;1H/q+1;/p-1. The normalized spacial score (nSPS) is 16.5. The van der Waals surface area contributed by atoms with Crippen molar-refractivity contribution in [2.45, 2.75) is 38.5 Å². The van der Waals surface area contributed by atoms with Crippen LogP contribution in [0.3, 0.4) is 0 Å². The SMILES string of the molecule is C[N+](C)(C)CCCC(=O)N1CCC(C#N)(CCc2ccccc2)CC1.[Cl-]. The maximum Gasteiger partial charge on any atom is 0.222 e. The smallest absolute Gasteiger partial charge is 0.222 e. The molecule has 0 unspecified atom stereocenters. The molecular formula is C21H32ClN3O. The lowest BCUT2D eigenvalue weighted by Crippen LogP contribution is -3.00. The Labute approximate surface area is 164 Å². The van der Waals surface area contributed by atoms with Crippen LogP contribution < -0.4 is 12.4 Å². The van der Waals surface area contributed by atoms with Gasteiger partial charge in [-0.25, -0.2) is 0 Å². The number of amides is 1. The second kappa shape index (κ2) is 9.94. The maximum absolute atomic E-state index is 12.4. The molecule has 1 aliphatic heterocycles. The fourth-order valence-electron chi connectivity index (χ4n) is 3.49. The molecule has 1 amide bonds. The van der Waals surface area contributed by atoms with Gasteiger partial charge in [0, 0.05) is 25.9 Å². The first-order valence-corrected chi connectivity index (χ1v) is 9.37. The number of hydrogen-bond donors (Lipinski definition) is 0. The van der Waals surface area contributed by atoms with Gasteiger partial charge in [-0.15, -0.1) is 0 Å². The van der Waals surface area contributed by atoms with E-state index in [1.54, 1.807) is 0 Å². The first-order chi connectivity index (χ1) is 11.8. The van der Waals surface area contributed by atoms with Crippen molar-refractivity contribution in [3.63, 3.8) is 0 Å². The van der Waals surface area contributed by atoms with Crippen molar-refractivity contribution in [3.05, 3.63) is 35.9 Å². The first kappa shape index (κ1) is 22.5. The van der Waals surface area contributed by atoms with Crippen molar-refractivity contribution in [1.82, 2.24) is 4.90 Å². The van der Waals surface area contributed by atoms with E-state index in [4.69, 9.17) is 0 Å². The van der Waals surface area contributed by atoms with Crippen LogP contribution in [-0.4, -0.2) is 56.1 Å². The van der Waals surface area contributed by atoms with Gasteiger partial charge in [-0.05, 0) is 31.2 Å². The lowest BCUT2D eigenvalue weighted by Gasteiger charge is -2.37. The number of benzene rings is 1. The summed E-state index contributed by atoms with van der Waals surface area (Å²) in [6.45, 7) is 2.47. The first-order valence-electron chi connectivity index (χ1n) is 9.37. The largest absolute Gasteiger partial charge is 1.00 e. The van der Waals surface area contributed by atoms with Crippen LogP contribution >= 0.6 is 0 Å². The highest BCUT2D eigenvalue weighted by Crippen LogP contribution is 2.35. The van der Waals surface area contributed by atoms with Crippen LogP contribution in [0.4, 0.5) is 0 Å². The minimum absolute atomic E-state index is 0. The van der Waals surface area contributed by atoms with E-state index < -0.39 is 0 Å². The van der Waals surface area contributed by atoms with Gasteiger partial charge in [0.05, 0.1) is 39.2 Å². The molecule has 1 fully saturated rings. The molecule has 2 rings (SSSR count). The number of nitriles is 1. The number of aryl methyl sites for hydroxylation is 1. The Morgan fingerprint density at radius 1 is 1.19 bits per heavy atom. The second-order valence-corrected chi connectivity index (χ2v) is 8.38. The average Bonchev–Trinajstić information content (AvgIpc) is 2.60. The number of likely N-dealkylation sites (tertiary alicyclic amines) is 1. The van der Waals surface area contributed by atoms with Gasteiger partial charge in [-0.1, -0.05) is 30.3 Å². The summed E-state index contributed by atoms with van der Waals surface area (Å²) in [5.74, 6) is 0.253. The van der Waals surface area contributed by atoms with Crippen LogP contribution in [0.2, 0.25) is 0 Å². The number of quaternary nitrogens is 1. The molecule has 0 aliphatic carbocycles. The molecule has 0 radical (unpaired) electrons. The predicted molar refractivity (Wildman–Crippen MR) is 101 cm³/mol. The molecule has 0 atom stereocenters. The number of nitrogens with zero attached hydrogens (tertiary/aromatic N) is 3. The zero-order chi connectivity index (χ0) is 18.3. The molecule has 26 heavy (non-hydrogen) atoms. The maximum atomic E-state index is 12.4. The van der Waals surface area contributed by atoms with Crippen molar-refractivity contribution < 1.29 is 21.7 Å². The molecule has 0 aromatic heterocycles. The van der Waals surface area contributed by atoms with Gasteiger partial charge in [0.1, 0.15) is 0 Å². The van der Waals surface area contributed by atoms with Crippen molar-refractivity contribution >= 4 is 5.91 Å². The third-order valence-corrected chi connectivity index (χ3v) is 5.27. The number of piperidine rings is 1. The molecule has 1 aromatic carbocycles. The Kier molecular flexibility index (Phi) is 8.59. The summed E-state index contributed by atoms with van der Waals surface area (Å²) in [6, 6.07) is 12.9. The van der Waals surface area contributed by atoms with Crippen LogP contribution in [0.5, 0.6) is 0 Å². The van der Waals surface area contributed by atoms with Gasteiger partial charge in [0.15, 0.2) is 0 Å². The summed E-state index contributed by atoms with van der Waals surface area (Å²) in [5.41, 5.74) is 1.02. The summed E-state index contributed by atoms with van der Waals surface area (Å²) in [5, 5.41) is 9.72. The summed E-state index contributed by atoms with van der Waals surface area (Å²) < 4.78 is 0.893. The fraction of sp³-hybridized carbons (Fsp3) is 0.619. The Balaban J connectivity index is 0.00000338. The van der Waals surface area contributed by atoms with E-state index in [0.717, 1.165) is 56.2 Å². The van der Waals surface area contributed by atoms with Gasteiger partial charge < -0.3 is 21.8 Å². The van der Waals surface area contributed by atoms with Gasteiger partial charge in [-0.2, -0.15) is 5.26 Å². The molecule has 4 nitrogen and oxygen atoms in total. The van der Waals surface area contributed by atoms with E-state index in [-0.39, 0.29) is 23.7 Å². The van der Waals surface area contributed by atoms with Crippen molar-refractivity contribution in [2.24, 2.45) is 5.41 Å². The monoisotopic (exact) mass is 377 g/mol. The van der Waals surface area contributed by atoms with Gasteiger partial charge in [-0.3, -0.25) is 4.79 Å². The lowest BCUT2D eigenvalue weighted by molar-refractivity contribution is -0.870. The molecule has 1 heterocycles. The molecule has 0 N–H and O–H groups in total. The molecule has 1 aliphatic rings. The lowest BCUT2D eigenvalue weighted by atomic mass is 9.75. The van der Waals surface area contributed by atoms with E-state index in [1.807, 2.05) is 23.1 Å². The summed E-state index contributed by atoms with van der Waals surface area (Å²) in [7, 11) is 6.46. The van der Waals surface area contributed by atoms with E-state index in [1.165, 1.54) is 5.56 Å². The minimum Gasteiger partial charge on any atom is -1.00 e. The number of hydrogen-bond acceptors (Lipinski definition) is 2. The van der Waals surface area contributed by atoms with Crippen LogP contribution in [-0.2, 0) is 11.2 Å². The molecule has 1 saturated heterocycles. The Morgan fingerprint density at radius 3 is 2.35 bits per heavy atom. The highest BCUT2D eigenvalue weighted by molar-refractivity contribution is 5.76. The van der Waals surface area contributed by atoms with Crippen LogP contribution in [0.15, 0.2) is 30.3 Å². The average molecular weight is 378 g/mol. The third-order valence-electron chi connectivity index (χ3n) is 5.27. The van der Waals surface area contributed by atoms with Gasteiger partial charge in [0.2, 0.25) is 5.91 Å². The van der Waals surface area contributed by atoms with E-state index >= 15 is 0 Å². The number of halogens is 1. The highest BCUT2D eigenvalue weighted by Gasteiger charge is 2.35. The third kappa shape index (κ3) is 6.97. The highest BCUT2D eigenvalue weighted by atomic mass is 35.5. The molecule has 0 spiro atoms. The quantitative estimate of drug-likeness (QED) is 0.639. The van der Waals surface area contributed by atoms with Crippen LogP contribution in [0.1, 0.15) is 37.7 Å². The summed E-state index contributed by atoms with van der Waals surface area (Å²) >= 11 is 0. The zero-order valence-corrected chi connectivity index (χ0v) is 17.1. The predicted octanol–water partition coefficient (Wildman–Crippen LogP) is 0.242. The van der Waals surface area contributed by atoms with Gasteiger partial charge >= 0.3 is 0 Å². The van der Waals surface area contributed by atoms with Crippen LogP contribution in [0.25, 0.3) is 0 Å². The van der Waals surface area contributed by atoms with Crippen molar-refractivity contribution in [1.29, 1.82) is 5.26 Å². The molecule has 0 bridgehead atoms. The Morgan fingerprint density at radius 2 is 1.81 bits per heavy atom. The van der Waals surface area contributed by atoms with E-state index in [2.05, 4.69) is 39.3 Å². The molecule has 5 heteroatoms. The Hall–Kier alpha value is -1.57. The van der Waals surface area contributed by atoms with E-state index in [0.29, 0.717) is 6.42 Å². The molecule has 0 saturated carbocycles. The second-order valence-electron chi connectivity index (χ2n) is 8.38. The number of carbonyl (C=O) groups is 1. The minimum atomic E-state index is -0.269. The fourth-order valence-corrected chi connectivity index (χ4v) is 3.49. The zero-order valence-electron chi connectivity index (χ0n) is 16.4. The van der Waals surface area contributed by atoms with Crippen LogP contribution in [0, 0.1) is 16.7 Å². The Bertz CT molecular complexity index is 596.